The molecule has 0 radical (unpaired) electrons. The lowest BCUT2D eigenvalue weighted by Gasteiger charge is -2.05. The van der Waals surface area contributed by atoms with Crippen LogP contribution in [0.4, 0.5) is 0 Å². The van der Waals surface area contributed by atoms with Crippen molar-refractivity contribution in [3.63, 3.8) is 0 Å². The molecule has 0 fully saturated rings. The van der Waals surface area contributed by atoms with Crippen molar-refractivity contribution in [2.45, 2.75) is 0 Å². The minimum absolute atomic E-state index is 0.159. The highest BCUT2D eigenvalue weighted by molar-refractivity contribution is 14.2. The van der Waals surface area contributed by atoms with Gasteiger partial charge in [0.15, 0.2) is 0 Å². The second kappa shape index (κ2) is 4.59. The Bertz CT molecular complexity index is 526. The zero-order valence-electron chi connectivity index (χ0n) is 7.26. The van der Waals surface area contributed by atoms with Crippen LogP contribution >= 0.6 is 40.0 Å². The molecule has 0 amide bonds. The minimum Gasteiger partial charge on any atom is -0.303 e. The first-order chi connectivity index (χ1) is 7.24. The summed E-state index contributed by atoms with van der Waals surface area (Å²) in [5.74, 6) is 0. The van der Waals surface area contributed by atoms with Crippen molar-refractivity contribution in [3.8, 4) is 5.69 Å². The van der Waals surface area contributed by atoms with Gasteiger partial charge in [0, 0.05) is 12.4 Å². The Balaban J connectivity index is 2.62. The molecule has 2 heterocycles. The van der Waals surface area contributed by atoms with E-state index in [0.29, 0.717) is 5.69 Å². The van der Waals surface area contributed by atoms with Crippen LogP contribution in [0.5, 0.6) is 0 Å². The van der Waals surface area contributed by atoms with Crippen LogP contribution in [-0.4, -0.2) is 19.1 Å². The molecule has 5 nitrogen and oxygen atoms in total. The lowest BCUT2D eigenvalue weighted by Crippen LogP contribution is -2.18. The van der Waals surface area contributed by atoms with Crippen LogP contribution in [0.15, 0.2) is 29.7 Å². The maximum absolute atomic E-state index is 11.7. The smallest absolute Gasteiger partial charge is 0.291 e. The molecule has 1 atom stereocenters. The van der Waals surface area contributed by atoms with E-state index in [9.17, 15) is 4.79 Å². The molecule has 0 aliphatic carbocycles. The summed E-state index contributed by atoms with van der Waals surface area (Å²) in [6.07, 6.45) is 6.68. The summed E-state index contributed by atoms with van der Waals surface area (Å²) < 4.78 is 2.97. The average Bonchev–Trinajstić information content (AvgIpc) is 2.75. The van der Waals surface area contributed by atoms with E-state index in [1.807, 2.05) is 0 Å². The van der Waals surface area contributed by atoms with Crippen LogP contribution in [0.25, 0.3) is 5.69 Å². The summed E-state index contributed by atoms with van der Waals surface area (Å²) in [4.78, 5) is 15.5. The fourth-order valence-electron chi connectivity index (χ4n) is 1.07. The van der Waals surface area contributed by atoms with E-state index in [0.717, 1.165) is 0 Å². The molecular weight excluding hydrogens is 349 g/mol. The topological polar surface area (TPSA) is 52.7 Å². The van der Waals surface area contributed by atoms with E-state index in [2.05, 4.69) is 32.1 Å². The van der Waals surface area contributed by atoms with E-state index in [1.54, 1.807) is 29.5 Å². The van der Waals surface area contributed by atoms with E-state index in [4.69, 9.17) is 11.6 Å². The monoisotopic (exact) mass is 354 g/mol. The van der Waals surface area contributed by atoms with Crippen LogP contribution < -0.4 is 5.56 Å². The Kier molecular flexibility index (Phi) is 3.38. The Morgan fingerprint density at radius 1 is 1.53 bits per heavy atom. The minimum atomic E-state index is -0.282. The molecule has 0 bridgehead atoms. The van der Waals surface area contributed by atoms with Gasteiger partial charge in [-0.1, -0.05) is 11.6 Å². The highest BCUT2D eigenvalue weighted by atomic mass is 127. The summed E-state index contributed by atoms with van der Waals surface area (Å²) in [7, 11) is 0. The van der Waals surface area contributed by atoms with Crippen molar-refractivity contribution in [3.05, 3.63) is 40.3 Å². The van der Waals surface area contributed by atoms with E-state index < -0.39 is 0 Å². The maximum atomic E-state index is 11.7. The SMILES string of the molecule is O=c1c(Cl)c(-n2ccnc2)cnn1PI. The molecule has 2 aromatic heterocycles. The molecule has 2 aromatic rings. The van der Waals surface area contributed by atoms with Crippen LogP contribution in [-0.2, 0) is 0 Å². The van der Waals surface area contributed by atoms with Crippen LogP contribution in [0.2, 0.25) is 5.02 Å². The third kappa shape index (κ3) is 2.07. The quantitative estimate of drug-likeness (QED) is 0.611. The van der Waals surface area contributed by atoms with Gasteiger partial charge in [0.05, 0.1) is 24.6 Å². The van der Waals surface area contributed by atoms with Gasteiger partial charge in [-0.3, -0.25) is 4.79 Å². The number of hydrogen-bond donors (Lipinski definition) is 0. The van der Waals surface area contributed by atoms with Gasteiger partial charge in [0.25, 0.3) is 5.56 Å². The Morgan fingerprint density at radius 3 is 2.93 bits per heavy atom. The van der Waals surface area contributed by atoms with Crippen molar-refractivity contribution in [1.82, 2.24) is 19.1 Å². The first-order valence-corrected chi connectivity index (χ1v) is 8.31. The number of halogens is 2. The molecule has 2 rings (SSSR count). The normalized spacial score (nSPS) is 11.3. The van der Waals surface area contributed by atoms with Crippen molar-refractivity contribution >= 4 is 40.0 Å². The van der Waals surface area contributed by atoms with Crippen LogP contribution in [0.3, 0.4) is 0 Å². The van der Waals surface area contributed by atoms with Gasteiger partial charge in [0.2, 0.25) is 0 Å². The molecule has 0 spiro atoms. The van der Waals surface area contributed by atoms with E-state index >= 15 is 0 Å². The molecule has 0 saturated carbocycles. The largest absolute Gasteiger partial charge is 0.303 e. The lowest BCUT2D eigenvalue weighted by molar-refractivity contribution is 0.891. The molecule has 0 saturated heterocycles. The summed E-state index contributed by atoms with van der Waals surface area (Å²) in [6, 6.07) is 0. The number of rotatable bonds is 2. The number of imidazole rings is 1. The summed E-state index contributed by atoms with van der Waals surface area (Å²) in [6.45, 7) is 0. The van der Waals surface area contributed by atoms with Gasteiger partial charge in [-0.25, -0.2) is 9.44 Å². The third-order valence-corrected chi connectivity index (χ3v) is 3.97. The Morgan fingerprint density at radius 2 is 2.33 bits per heavy atom. The molecule has 0 N–H and O–H groups in total. The molecule has 1 unspecified atom stereocenters. The van der Waals surface area contributed by atoms with Gasteiger partial charge in [-0.15, -0.1) is 0 Å². The predicted molar refractivity (Wildman–Crippen MR) is 68.4 cm³/mol. The van der Waals surface area contributed by atoms with E-state index in [1.165, 1.54) is 4.45 Å². The molecule has 0 aliphatic heterocycles. The van der Waals surface area contributed by atoms with Crippen molar-refractivity contribution in [1.29, 1.82) is 0 Å². The number of aromatic nitrogens is 4. The van der Waals surface area contributed by atoms with Gasteiger partial charge in [-0.2, -0.15) is 5.10 Å². The van der Waals surface area contributed by atoms with Gasteiger partial charge in [0.1, 0.15) is 5.02 Å². The van der Waals surface area contributed by atoms with Crippen LogP contribution in [0, 0.1) is 0 Å². The van der Waals surface area contributed by atoms with Crippen molar-refractivity contribution in [2.75, 3.05) is 0 Å². The summed E-state index contributed by atoms with van der Waals surface area (Å²) in [5, 5.41) is 4.15. The van der Waals surface area contributed by atoms with Crippen molar-refractivity contribution < 1.29 is 0 Å². The maximum Gasteiger partial charge on any atom is 0.291 e. The zero-order chi connectivity index (χ0) is 10.8. The standard InChI is InChI=1S/C7H5ClIN4OP/c8-6-5(12-2-1-10-4-12)3-11-13(15-9)7(6)14/h1-4,15H. The highest BCUT2D eigenvalue weighted by Gasteiger charge is 2.09. The Hall–Kier alpha value is -0.460. The number of hydrogen-bond acceptors (Lipinski definition) is 3. The van der Waals surface area contributed by atoms with Gasteiger partial charge in [-0.05, 0) is 22.0 Å². The zero-order valence-corrected chi connectivity index (χ0v) is 11.2. The highest BCUT2D eigenvalue weighted by Crippen LogP contribution is 2.22. The summed E-state index contributed by atoms with van der Waals surface area (Å²) in [5.41, 5.74) is 0.265. The fourth-order valence-corrected chi connectivity index (χ4v) is 2.68. The average molecular weight is 354 g/mol. The molecular formula is C7H5ClIN4OP. The molecule has 78 valence electrons. The lowest BCUT2D eigenvalue weighted by atomic mass is 10.4. The fraction of sp³-hybridized carbons (Fsp3) is 0. The van der Waals surface area contributed by atoms with Gasteiger partial charge < -0.3 is 4.57 Å². The Labute approximate surface area is 105 Å². The van der Waals surface area contributed by atoms with E-state index in [-0.39, 0.29) is 17.0 Å². The third-order valence-electron chi connectivity index (χ3n) is 1.76. The first kappa shape index (κ1) is 11.0. The molecule has 0 aromatic carbocycles. The predicted octanol–water partition coefficient (Wildman–Crippen LogP) is 1.87. The molecule has 8 heteroatoms. The molecule has 0 aliphatic rings. The van der Waals surface area contributed by atoms with Crippen LogP contribution in [0.1, 0.15) is 0 Å². The second-order valence-electron chi connectivity index (χ2n) is 2.62. The first-order valence-electron chi connectivity index (χ1n) is 3.87. The van der Waals surface area contributed by atoms with Crippen molar-refractivity contribution in [2.24, 2.45) is 0 Å². The summed E-state index contributed by atoms with van der Waals surface area (Å²) >= 11 is 8.02. The second-order valence-corrected chi connectivity index (χ2v) is 5.03. The number of nitrogens with zero attached hydrogens (tertiary/aromatic N) is 4. The molecule has 15 heavy (non-hydrogen) atoms. The van der Waals surface area contributed by atoms with Gasteiger partial charge >= 0.3 is 0 Å².